The Morgan fingerprint density at radius 2 is 2.20 bits per heavy atom. The second-order valence-electron chi connectivity index (χ2n) is 4.42. The predicted octanol–water partition coefficient (Wildman–Crippen LogP) is 1.95. The highest BCUT2D eigenvalue weighted by molar-refractivity contribution is 5.98. The van der Waals surface area contributed by atoms with Crippen LogP contribution in [0, 0.1) is 19.3 Å². The highest BCUT2D eigenvalue weighted by Crippen LogP contribution is 2.20. The monoisotopic (exact) mass is 271 g/mol. The Bertz CT molecular complexity index is 708. The van der Waals surface area contributed by atoms with Crippen molar-refractivity contribution in [2.75, 3.05) is 0 Å². The van der Waals surface area contributed by atoms with Crippen molar-refractivity contribution < 1.29 is 19.1 Å². The van der Waals surface area contributed by atoms with Crippen molar-refractivity contribution in [3.63, 3.8) is 0 Å². The summed E-state index contributed by atoms with van der Waals surface area (Å²) in [6, 6.07) is 5.96. The van der Waals surface area contributed by atoms with Crippen LogP contribution < -0.4 is 5.32 Å². The Balaban J connectivity index is 2.23. The molecule has 5 heteroatoms. The molecule has 2 N–H and O–H groups in total. The molecule has 1 atom stereocenters. The second kappa shape index (κ2) is 5.49. The van der Waals surface area contributed by atoms with Gasteiger partial charge in [-0.15, -0.1) is 12.3 Å². The van der Waals surface area contributed by atoms with Gasteiger partial charge in [0.05, 0.1) is 0 Å². The molecule has 0 saturated carbocycles. The van der Waals surface area contributed by atoms with Gasteiger partial charge in [0.1, 0.15) is 11.6 Å². The molecule has 0 aliphatic heterocycles. The number of benzene rings is 1. The van der Waals surface area contributed by atoms with Crippen molar-refractivity contribution in [1.29, 1.82) is 0 Å². The van der Waals surface area contributed by atoms with Crippen molar-refractivity contribution in [3.05, 3.63) is 35.6 Å². The molecule has 1 amide bonds. The van der Waals surface area contributed by atoms with Gasteiger partial charge in [-0.05, 0) is 25.1 Å². The first-order valence-electron chi connectivity index (χ1n) is 5.98. The minimum atomic E-state index is -1.18. The molecule has 1 aromatic carbocycles. The van der Waals surface area contributed by atoms with Crippen molar-refractivity contribution >= 4 is 22.8 Å². The average Bonchev–Trinajstić information content (AvgIpc) is 2.80. The van der Waals surface area contributed by atoms with E-state index in [4.69, 9.17) is 15.9 Å². The van der Waals surface area contributed by atoms with Crippen LogP contribution in [-0.4, -0.2) is 23.0 Å². The summed E-state index contributed by atoms with van der Waals surface area (Å²) < 4.78 is 5.39. The molecule has 1 unspecified atom stereocenters. The van der Waals surface area contributed by atoms with Crippen molar-refractivity contribution in [2.45, 2.75) is 19.4 Å². The highest BCUT2D eigenvalue weighted by Gasteiger charge is 2.21. The fourth-order valence-corrected chi connectivity index (χ4v) is 1.82. The molecule has 0 aliphatic rings. The van der Waals surface area contributed by atoms with Crippen molar-refractivity contribution in [1.82, 2.24) is 5.32 Å². The molecule has 0 saturated heterocycles. The van der Waals surface area contributed by atoms with Gasteiger partial charge in [0.25, 0.3) is 5.91 Å². The van der Waals surface area contributed by atoms with Gasteiger partial charge in [-0.25, -0.2) is 4.79 Å². The second-order valence-corrected chi connectivity index (χ2v) is 4.42. The summed E-state index contributed by atoms with van der Waals surface area (Å²) in [6.07, 6.45) is 4.99. The van der Waals surface area contributed by atoms with E-state index in [0.29, 0.717) is 5.58 Å². The Hall–Kier alpha value is -2.74. The number of carbonyl (C=O) groups is 2. The summed E-state index contributed by atoms with van der Waals surface area (Å²) in [5.74, 6) is 0.504. The average molecular weight is 271 g/mol. The molecule has 1 heterocycles. The maximum Gasteiger partial charge on any atom is 0.327 e. The van der Waals surface area contributed by atoms with E-state index >= 15 is 0 Å². The molecule has 0 spiro atoms. The largest absolute Gasteiger partial charge is 0.480 e. The van der Waals surface area contributed by atoms with E-state index in [1.807, 2.05) is 19.1 Å². The Labute approximate surface area is 115 Å². The van der Waals surface area contributed by atoms with E-state index in [9.17, 15) is 9.59 Å². The molecule has 1 aromatic heterocycles. The highest BCUT2D eigenvalue weighted by atomic mass is 16.4. The number of fused-ring (bicyclic) bond motifs is 1. The smallest absolute Gasteiger partial charge is 0.327 e. The zero-order valence-electron chi connectivity index (χ0n) is 10.8. The molecule has 0 radical (unpaired) electrons. The Morgan fingerprint density at radius 1 is 1.45 bits per heavy atom. The molecular weight excluding hydrogens is 258 g/mol. The van der Waals surface area contributed by atoms with Gasteiger partial charge in [0.15, 0.2) is 5.76 Å². The van der Waals surface area contributed by atoms with E-state index < -0.39 is 17.9 Å². The van der Waals surface area contributed by atoms with Crippen LogP contribution in [0.2, 0.25) is 0 Å². The first-order valence-corrected chi connectivity index (χ1v) is 5.98. The Kier molecular flexibility index (Phi) is 3.76. The minimum Gasteiger partial charge on any atom is -0.480 e. The number of carboxylic acids is 1. The molecular formula is C15H13NO4. The lowest BCUT2D eigenvalue weighted by molar-refractivity contribution is -0.139. The third-order valence-electron chi connectivity index (χ3n) is 2.82. The number of rotatable bonds is 4. The number of terminal acetylenes is 1. The number of hydrogen-bond donors (Lipinski definition) is 2. The lowest BCUT2D eigenvalue weighted by Crippen LogP contribution is -2.40. The summed E-state index contributed by atoms with van der Waals surface area (Å²) >= 11 is 0. The SMILES string of the molecule is C#CCC(NC(=O)c1cc2cc(C)ccc2o1)C(=O)O. The van der Waals surface area contributed by atoms with Crippen LogP contribution in [-0.2, 0) is 4.79 Å². The van der Waals surface area contributed by atoms with Gasteiger partial charge < -0.3 is 14.8 Å². The summed E-state index contributed by atoms with van der Waals surface area (Å²) in [4.78, 5) is 22.9. The van der Waals surface area contributed by atoms with E-state index in [1.165, 1.54) is 0 Å². The van der Waals surface area contributed by atoms with Crippen LogP contribution in [0.4, 0.5) is 0 Å². The van der Waals surface area contributed by atoms with E-state index in [0.717, 1.165) is 10.9 Å². The number of aliphatic carboxylic acids is 1. The van der Waals surface area contributed by atoms with E-state index in [2.05, 4.69) is 11.2 Å². The molecule has 0 fully saturated rings. The quantitative estimate of drug-likeness (QED) is 0.833. The van der Waals surface area contributed by atoms with E-state index in [1.54, 1.807) is 12.1 Å². The number of aryl methyl sites for hydroxylation is 1. The zero-order chi connectivity index (χ0) is 14.7. The third kappa shape index (κ3) is 2.81. The van der Waals surface area contributed by atoms with Crippen LogP contribution in [0.25, 0.3) is 11.0 Å². The van der Waals surface area contributed by atoms with Gasteiger partial charge in [0.2, 0.25) is 0 Å². The third-order valence-corrected chi connectivity index (χ3v) is 2.82. The van der Waals surface area contributed by atoms with Gasteiger partial charge >= 0.3 is 5.97 Å². The molecule has 0 aliphatic carbocycles. The van der Waals surface area contributed by atoms with Crippen LogP contribution >= 0.6 is 0 Å². The van der Waals surface area contributed by atoms with E-state index in [-0.39, 0.29) is 12.2 Å². The van der Waals surface area contributed by atoms with Crippen LogP contribution in [0.1, 0.15) is 22.5 Å². The number of carbonyl (C=O) groups excluding carboxylic acids is 1. The first-order chi connectivity index (χ1) is 9.51. The topological polar surface area (TPSA) is 79.5 Å². The van der Waals surface area contributed by atoms with Crippen LogP contribution in [0.5, 0.6) is 0 Å². The van der Waals surface area contributed by atoms with Crippen LogP contribution in [0.15, 0.2) is 28.7 Å². The fraction of sp³-hybridized carbons (Fsp3) is 0.200. The molecule has 5 nitrogen and oxygen atoms in total. The van der Waals surface area contributed by atoms with Gasteiger partial charge in [-0.2, -0.15) is 0 Å². The minimum absolute atomic E-state index is 0.0638. The number of furan rings is 1. The maximum atomic E-state index is 12.0. The molecule has 2 aromatic rings. The van der Waals surface area contributed by atoms with Crippen molar-refractivity contribution in [3.8, 4) is 12.3 Å². The standard InChI is InChI=1S/C15H13NO4/c1-3-4-11(15(18)19)16-14(17)13-8-10-7-9(2)5-6-12(10)20-13/h1,5-8,11H,4H2,2H3,(H,16,17)(H,18,19). The fourth-order valence-electron chi connectivity index (χ4n) is 1.82. The molecule has 102 valence electrons. The maximum absolute atomic E-state index is 12.0. The summed E-state index contributed by atoms with van der Waals surface area (Å²) in [7, 11) is 0. The molecule has 20 heavy (non-hydrogen) atoms. The molecule has 0 bridgehead atoms. The van der Waals surface area contributed by atoms with Crippen molar-refractivity contribution in [2.24, 2.45) is 0 Å². The number of amides is 1. The predicted molar refractivity (Wildman–Crippen MR) is 73.3 cm³/mol. The van der Waals surface area contributed by atoms with Gasteiger partial charge in [-0.1, -0.05) is 11.6 Å². The number of carboxylic acid groups (broad SMARTS) is 1. The number of nitrogens with one attached hydrogen (secondary N) is 1. The summed E-state index contributed by atoms with van der Waals surface area (Å²) in [6.45, 7) is 1.93. The summed E-state index contributed by atoms with van der Waals surface area (Å²) in [5.41, 5.74) is 1.62. The molecule has 2 rings (SSSR count). The lowest BCUT2D eigenvalue weighted by atomic mass is 10.2. The van der Waals surface area contributed by atoms with Crippen LogP contribution in [0.3, 0.4) is 0 Å². The zero-order valence-corrected chi connectivity index (χ0v) is 10.8. The first kappa shape index (κ1) is 13.7. The normalized spacial score (nSPS) is 11.8. The number of hydrogen-bond acceptors (Lipinski definition) is 3. The van der Waals surface area contributed by atoms with Gasteiger partial charge in [0, 0.05) is 11.8 Å². The summed E-state index contributed by atoms with van der Waals surface area (Å²) in [5, 5.41) is 12.1. The lowest BCUT2D eigenvalue weighted by Gasteiger charge is -2.09. The van der Waals surface area contributed by atoms with Gasteiger partial charge in [-0.3, -0.25) is 4.79 Å². The Morgan fingerprint density at radius 3 is 2.85 bits per heavy atom.